The predicted molar refractivity (Wildman–Crippen MR) is 123 cm³/mol. The van der Waals surface area contributed by atoms with Gasteiger partial charge in [-0.1, -0.05) is 5.16 Å². The van der Waals surface area contributed by atoms with Crippen LogP contribution in [0.5, 0.6) is 5.75 Å². The highest BCUT2D eigenvalue weighted by atomic mass is 16.5. The van der Waals surface area contributed by atoms with Crippen LogP contribution < -0.4 is 15.0 Å². The molecule has 2 aromatic rings. The Labute approximate surface area is 189 Å². The number of hydrogen-bond acceptors (Lipinski definition) is 8. The van der Waals surface area contributed by atoms with Gasteiger partial charge in [0.15, 0.2) is 0 Å². The highest BCUT2D eigenvalue weighted by Crippen LogP contribution is 2.25. The summed E-state index contributed by atoms with van der Waals surface area (Å²) >= 11 is 0. The number of piperidine rings is 1. The Hall–Kier alpha value is -2.65. The van der Waals surface area contributed by atoms with E-state index in [2.05, 4.69) is 32.3 Å². The van der Waals surface area contributed by atoms with Crippen LogP contribution >= 0.6 is 0 Å². The van der Waals surface area contributed by atoms with Gasteiger partial charge in [-0.2, -0.15) is 4.98 Å². The lowest BCUT2D eigenvalue weighted by atomic mass is 9.97. The highest BCUT2D eigenvalue weighted by molar-refractivity contribution is 5.79. The third-order valence-electron chi connectivity index (χ3n) is 6.37. The number of nitrogens with zero attached hydrogens (tertiary/aromatic N) is 5. The quantitative estimate of drug-likeness (QED) is 0.619. The number of anilines is 1. The second-order valence-electron chi connectivity index (χ2n) is 8.70. The molecule has 0 aliphatic carbocycles. The van der Waals surface area contributed by atoms with Gasteiger partial charge >= 0.3 is 6.01 Å². The molecule has 9 heteroatoms. The molecule has 1 amide bonds. The number of methoxy groups -OCH3 is 1. The third kappa shape index (κ3) is 5.77. The SMILES string of the molecule is COc1ccc(-c2noc(N3CCCC(C(=O)NCCCN4CCN(C)CC4)C3)n2)cc1. The largest absolute Gasteiger partial charge is 0.497 e. The molecule has 2 saturated heterocycles. The monoisotopic (exact) mass is 442 g/mol. The maximum Gasteiger partial charge on any atom is 0.324 e. The molecule has 0 spiro atoms. The number of likely N-dealkylation sites (N-methyl/N-ethyl adjacent to an activating group) is 1. The standard InChI is InChI=1S/C23H34N6O3/c1-27-13-15-28(16-14-27)11-4-10-24-22(30)19-5-3-12-29(17-19)23-25-21(26-32-23)18-6-8-20(31-2)9-7-18/h6-9,19H,3-5,10-17H2,1-2H3,(H,24,30). The van der Waals surface area contributed by atoms with Gasteiger partial charge in [0.05, 0.1) is 13.0 Å². The summed E-state index contributed by atoms with van der Waals surface area (Å²) in [6.45, 7) is 7.67. The van der Waals surface area contributed by atoms with Crippen LogP contribution in [0, 0.1) is 5.92 Å². The van der Waals surface area contributed by atoms with Gasteiger partial charge in [-0.15, -0.1) is 0 Å². The lowest BCUT2D eigenvalue weighted by Crippen LogP contribution is -2.46. The van der Waals surface area contributed by atoms with Crippen molar-refractivity contribution < 1.29 is 14.1 Å². The minimum Gasteiger partial charge on any atom is -0.497 e. The number of rotatable bonds is 8. The van der Waals surface area contributed by atoms with Crippen LogP contribution in [0.4, 0.5) is 6.01 Å². The number of ether oxygens (including phenoxy) is 1. The maximum absolute atomic E-state index is 12.7. The van der Waals surface area contributed by atoms with Crippen molar-refractivity contribution in [2.75, 3.05) is 71.4 Å². The molecule has 4 rings (SSSR count). The summed E-state index contributed by atoms with van der Waals surface area (Å²) in [6, 6.07) is 8.03. The topological polar surface area (TPSA) is 87.0 Å². The highest BCUT2D eigenvalue weighted by Gasteiger charge is 2.28. The van der Waals surface area contributed by atoms with Gasteiger partial charge in [-0.25, -0.2) is 0 Å². The molecule has 1 unspecified atom stereocenters. The zero-order chi connectivity index (χ0) is 22.3. The van der Waals surface area contributed by atoms with Gasteiger partial charge in [0.25, 0.3) is 0 Å². The van der Waals surface area contributed by atoms with Crippen molar-refractivity contribution in [3.05, 3.63) is 24.3 Å². The molecule has 1 aromatic carbocycles. The van der Waals surface area contributed by atoms with E-state index < -0.39 is 0 Å². The Morgan fingerprint density at radius 1 is 1.19 bits per heavy atom. The Morgan fingerprint density at radius 3 is 2.72 bits per heavy atom. The van der Waals surface area contributed by atoms with Crippen molar-refractivity contribution >= 4 is 11.9 Å². The van der Waals surface area contributed by atoms with Crippen molar-refractivity contribution in [2.45, 2.75) is 19.3 Å². The summed E-state index contributed by atoms with van der Waals surface area (Å²) in [5.74, 6) is 1.40. The molecule has 1 atom stereocenters. The number of carbonyl (C=O) groups is 1. The van der Waals surface area contributed by atoms with Gasteiger partial charge < -0.3 is 29.3 Å². The number of nitrogens with one attached hydrogen (secondary N) is 1. The van der Waals surface area contributed by atoms with Crippen molar-refractivity contribution in [1.29, 1.82) is 0 Å². The number of aromatic nitrogens is 2. The van der Waals surface area contributed by atoms with E-state index in [9.17, 15) is 4.79 Å². The molecule has 2 fully saturated rings. The zero-order valence-electron chi connectivity index (χ0n) is 19.1. The number of hydrogen-bond donors (Lipinski definition) is 1. The van der Waals surface area contributed by atoms with Gasteiger partial charge in [-0.3, -0.25) is 4.79 Å². The normalized spacial score (nSPS) is 20.3. The fraction of sp³-hybridized carbons (Fsp3) is 0.609. The second-order valence-corrected chi connectivity index (χ2v) is 8.70. The molecular formula is C23H34N6O3. The summed E-state index contributed by atoms with van der Waals surface area (Å²) in [6.07, 6.45) is 2.81. The zero-order valence-corrected chi connectivity index (χ0v) is 19.1. The summed E-state index contributed by atoms with van der Waals surface area (Å²) in [5, 5.41) is 7.25. The first-order valence-corrected chi connectivity index (χ1v) is 11.5. The number of carbonyl (C=O) groups excluding carboxylic acids is 1. The lowest BCUT2D eigenvalue weighted by molar-refractivity contribution is -0.125. The molecular weight excluding hydrogens is 408 g/mol. The van der Waals surface area contributed by atoms with E-state index in [0.717, 1.165) is 76.4 Å². The number of benzene rings is 1. The molecule has 1 N–H and O–H groups in total. The first-order chi connectivity index (χ1) is 15.6. The smallest absolute Gasteiger partial charge is 0.324 e. The van der Waals surface area contributed by atoms with Crippen molar-refractivity contribution in [2.24, 2.45) is 5.92 Å². The fourth-order valence-corrected chi connectivity index (χ4v) is 4.30. The maximum atomic E-state index is 12.7. The average molecular weight is 443 g/mol. The molecule has 9 nitrogen and oxygen atoms in total. The van der Waals surface area contributed by atoms with Crippen molar-refractivity contribution in [3.63, 3.8) is 0 Å². The van der Waals surface area contributed by atoms with E-state index in [-0.39, 0.29) is 11.8 Å². The van der Waals surface area contributed by atoms with Crippen LogP contribution in [0.1, 0.15) is 19.3 Å². The predicted octanol–water partition coefficient (Wildman–Crippen LogP) is 1.72. The Bertz CT molecular complexity index is 863. The fourth-order valence-electron chi connectivity index (χ4n) is 4.30. The van der Waals surface area contributed by atoms with Crippen LogP contribution in [-0.4, -0.2) is 92.4 Å². The first kappa shape index (κ1) is 22.5. The molecule has 1 aromatic heterocycles. The summed E-state index contributed by atoms with van der Waals surface area (Å²) in [7, 11) is 3.80. The molecule has 0 bridgehead atoms. The lowest BCUT2D eigenvalue weighted by Gasteiger charge is -2.32. The molecule has 2 aliphatic heterocycles. The van der Waals surface area contributed by atoms with E-state index in [1.54, 1.807) is 7.11 Å². The van der Waals surface area contributed by atoms with Crippen molar-refractivity contribution in [1.82, 2.24) is 25.3 Å². The molecule has 32 heavy (non-hydrogen) atoms. The van der Waals surface area contributed by atoms with E-state index in [4.69, 9.17) is 9.26 Å². The van der Waals surface area contributed by atoms with E-state index in [1.165, 1.54) is 0 Å². The average Bonchev–Trinajstić information content (AvgIpc) is 3.33. The van der Waals surface area contributed by atoms with Gasteiger partial charge in [0.1, 0.15) is 5.75 Å². The Kier molecular flexibility index (Phi) is 7.59. The summed E-state index contributed by atoms with van der Waals surface area (Å²) in [5.41, 5.74) is 0.868. The van der Waals surface area contributed by atoms with Crippen LogP contribution in [0.2, 0.25) is 0 Å². The second kappa shape index (κ2) is 10.8. The Balaban J connectivity index is 1.24. The number of piperazine rings is 1. The molecule has 0 saturated carbocycles. The first-order valence-electron chi connectivity index (χ1n) is 11.5. The van der Waals surface area contributed by atoms with E-state index >= 15 is 0 Å². The van der Waals surface area contributed by atoms with Gasteiger partial charge in [0, 0.05) is 51.4 Å². The van der Waals surface area contributed by atoms with Gasteiger partial charge in [-0.05, 0) is 57.1 Å². The van der Waals surface area contributed by atoms with E-state index in [0.29, 0.717) is 18.4 Å². The summed E-state index contributed by atoms with van der Waals surface area (Å²) in [4.78, 5) is 24.1. The van der Waals surface area contributed by atoms with Crippen LogP contribution in [0.25, 0.3) is 11.4 Å². The minimum absolute atomic E-state index is 0.0521. The molecule has 3 heterocycles. The third-order valence-corrected chi connectivity index (χ3v) is 6.37. The molecule has 2 aliphatic rings. The molecule has 0 radical (unpaired) electrons. The van der Waals surface area contributed by atoms with Crippen molar-refractivity contribution in [3.8, 4) is 17.1 Å². The van der Waals surface area contributed by atoms with Crippen LogP contribution in [0.3, 0.4) is 0 Å². The van der Waals surface area contributed by atoms with E-state index in [1.807, 2.05) is 29.2 Å². The minimum atomic E-state index is -0.0521. The molecule has 174 valence electrons. The van der Waals surface area contributed by atoms with Gasteiger partial charge in [0.2, 0.25) is 11.7 Å². The van der Waals surface area contributed by atoms with Crippen LogP contribution in [-0.2, 0) is 4.79 Å². The Morgan fingerprint density at radius 2 is 1.97 bits per heavy atom. The van der Waals surface area contributed by atoms with Crippen LogP contribution in [0.15, 0.2) is 28.8 Å². The number of amides is 1. The summed E-state index contributed by atoms with van der Waals surface area (Å²) < 4.78 is 10.7.